The number of amides is 1. The fraction of sp³-hybridized carbons (Fsp3) is 0.529. The lowest BCUT2D eigenvalue weighted by molar-refractivity contribution is 0.0158. The van der Waals surface area contributed by atoms with Gasteiger partial charge in [-0.05, 0) is 45.9 Å². The van der Waals surface area contributed by atoms with Crippen molar-refractivity contribution in [3.8, 4) is 0 Å². The van der Waals surface area contributed by atoms with Crippen molar-refractivity contribution in [1.82, 2.24) is 9.88 Å². The van der Waals surface area contributed by atoms with E-state index >= 15 is 0 Å². The van der Waals surface area contributed by atoms with Crippen LogP contribution in [0.3, 0.4) is 0 Å². The second kappa shape index (κ2) is 6.79. The molecule has 1 atom stereocenters. The summed E-state index contributed by atoms with van der Waals surface area (Å²) in [6.45, 7) is 13.3. The van der Waals surface area contributed by atoms with Crippen molar-refractivity contribution in [2.75, 3.05) is 24.5 Å². The van der Waals surface area contributed by atoms with Gasteiger partial charge in [-0.1, -0.05) is 18.2 Å². The lowest BCUT2D eigenvalue weighted by Gasteiger charge is -2.40. The van der Waals surface area contributed by atoms with E-state index in [1.807, 2.05) is 33.8 Å². The van der Waals surface area contributed by atoms with Crippen LogP contribution in [0.15, 0.2) is 18.7 Å². The van der Waals surface area contributed by atoms with Gasteiger partial charge in [-0.2, -0.15) is 0 Å². The van der Waals surface area contributed by atoms with Gasteiger partial charge in [-0.15, -0.1) is 0 Å². The van der Waals surface area contributed by atoms with E-state index in [0.29, 0.717) is 24.7 Å². The molecule has 1 aromatic heterocycles. The Balaban J connectivity index is 2.08. The van der Waals surface area contributed by atoms with E-state index in [0.717, 1.165) is 11.5 Å². The molecule has 1 aliphatic rings. The van der Waals surface area contributed by atoms with Crippen LogP contribution in [0.1, 0.15) is 33.4 Å². The van der Waals surface area contributed by atoms with Crippen molar-refractivity contribution >= 4 is 29.6 Å². The molecule has 0 spiro atoms. The van der Waals surface area contributed by atoms with Crippen LogP contribution in [-0.4, -0.2) is 47.3 Å². The zero-order valence-corrected chi connectivity index (χ0v) is 14.9. The van der Waals surface area contributed by atoms with Gasteiger partial charge in [0.15, 0.2) is 0 Å². The highest BCUT2D eigenvalue weighted by atomic mass is 35.5. The van der Waals surface area contributed by atoms with Gasteiger partial charge in [-0.25, -0.2) is 9.78 Å². The van der Waals surface area contributed by atoms with Gasteiger partial charge in [0, 0.05) is 30.7 Å². The number of anilines is 1. The molecule has 0 bridgehead atoms. The number of carbonyl (C=O) groups excluding carboxylic acids is 1. The Bertz CT molecular complexity index is 598. The number of carbonyl (C=O) groups is 1. The Morgan fingerprint density at radius 1 is 1.43 bits per heavy atom. The van der Waals surface area contributed by atoms with Gasteiger partial charge >= 0.3 is 6.09 Å². The topological polar surface area (TPSA) is 45.7 Å². The fourth-order valence-corrected chi connectivity index (χ4v) is 2.74. The lowest BCUT2D eigenvalue weighted by Crippen LogP contribution is -2.55. The summed E-state index contributed by atoms with van der Waals surface area (Å²) in [5.41, 5.74) is 0.260. The van der Waals surface area contributed by atoms with Crippen molar-refractivity contribution < 1.29 is 9.53 Å². The molecule has 126 valence electrons. The first-order chi connectivity index (χ1) is 10.7. The van der Waals surface area contributed by atoms with Crippen molar-refractivity contribution in [1.29, 1.82) is 0 Å². The second-order valence-electron chi connectivity index (χ2n) is 6.74. The van der Waals surface area contributed by atoms with Crippen molar-refractivity contribution in [3.63, 3.8) is 0 Å². The van der Waals surface area contributed by atoms with Gasteiger partial charge in [-0.3, -0.25) is 0 Å². The Morgan fingerprint density at radius 3 is 2.70 bits per heavy atom. The minimum absolute atomic E-state index is 0.0339. The third-order valence-electron chi connectivity index (χ3n) is 3.59. The number of aromatic nitrogens is 1. The summed E-state index contributed by atoms with van der Waals surface area (Å²) in [7, 11) is 0. The van der Waals surface area contributed by atoms with Gasteiger partial charge in [0.05, 0.1) is 5.69 Å². The number of nitrogens with zero attached hydrogens (tertiary/aromatic N) is 3. The average molecular weight is 338 g/mol. The van der Waals surface area contributed by atoms with E-state index in [4.69, 9.17) is 16.3 Å². The maximum atomic E-state index is 12.3. The predicted molar refractivity (Wildman–Crippen MR) is 94.0 cm³/mol. The first-order valence-corrected chi connectivity index (χ1v) is 8.12. The molecular formula is C17H24ClN3O2. The standard InChI is InChI=1S/C17H24ClN3O2/c1-6-14-9-13(18)10-15(19-14)20-7-8-21(12(2)11-20)16(22)23-17(3,4)5/h6,9-10,12H,1,7-8,11H2,2-5H3/t12-/m0/s1. The first-order valence-electron chi connectivity index (χ1n) is 7.74. The molecule has 1 saturated heterocycles. The summed E-state index contributed by atoms with van der Waals surface area (Å²) in [6.07, 6.45) is 1.41. The third-order valence-corrected chi connectivity index (χ3v) is 3.80. The SMILES string of the molecule is C=Cc1cc(Cl)cc(N2CCN(C(=O)OC(C)(C)C)[C@@H](C)C2)n1. The quantitative estimate of drug-likeness (QED) is 0.823. The summed E-state index contributed by atoms with van der Waals surface area (Å²) in [4.78, 5) is 20.7. The van der Waals surface area contributed by atoms with Gasteiger partial charge in [0.2, 0.25) is 0 Å². The van der Waals surface area contributed by atoms with Gasteiger partial charge in [0.25, 0.3) is 0 Å². The smallest absolute Gasteiger partial charge is 0.410 e. The fourth-order valence-electron chi connectivity index (χ4n) is 2.53. The molecule has 2 heterocycles. The van der Waals surface area contributed by atoms with Gasteiger partial charge < -0.3 is 14.5 Å². The summed E-state index contributed by atoms with van der Waals surface area (Å²) < 4.78 is 5.46. The van der Waals surface area contributed by atoms with Crippen LogP contribution in [0.2, 0.25) is 5.02 Å². The summed E-state index contributed by atoms with van der Waals surface area (Å²) in [5, 5.41) is 0.632. The molecule has 0 saturated carbocycles. The molecule has 0 N–H and O–H groups in total. The van der Waals surface area contributed by atoms with Gasteiger partial charge in [0.1, 0.15) is 11.4 Å². The molecule has 0 unspecified atom stereocenters. The van der Waals surface area contributed by atoms with Crippen LogP contribution in [0.4, 0.5) is 10.6 Å². The van der Waals surface area contributed by atoms with E-state index in [1.54, 1.807) is 17.0 Å². The molecule has 5 nitrogen and oxygen atoms in total. The number of hydrogen-bond acceptors (Lipinski definition) is 4. The van der Waals surface area contributed by atoms with Crippen LogP contribution in [-0.2, 0) is 4.74 Å². The zero-order valence-electron chi connectivity index (χ0n) is 14.2. The number of hydrogen-bond donors (Lipinski definition) is 0. The number of ether oxygens (including phenoxy) is 1. The highest BCUT2D eigenvalue weighted by Gasteiger charge is 2.31. The maximum absolute atomic E-state index is 12.3. The minimum atomic E-state index is -0.485. The number of halogens is 1. The molecule has 0 aliphatic carbocycles. The maximum Gasteiger partial charge on any atom is 0.410 e. The van der Waals surface area contributed by atoms with E-state index in [1.165, 1.54) is 0 Å². The normalized spacial score (nSPS) is 18.7. The lowest BCUT2D eigenvalue weighted by atomic mass is 10.2. The highest BCUT2D eigenvalue weighted by Crippen LogP contribution is 2.23. The monoisotopic (exact) mass is 337 g/mol. The molecular weight excluding hydrogens is 314 g/mol. The Labute approximate surface area is 142 Å². The second-order valence-corrected chi connectivity index (χ2v) is 7.18. The molecule has 0 aromatic carbocycles. The largest absolute Gasteiger partial charge is 0.444 e. The molecule has 0 radical (unpaired) electrons. The number of rotatable bonds is 2. The molecule has 23 heavy (non-hydrogen) atoms. The van der Waals surface area contributed by atoms with Crippen LogP contribution in [0.5, 0.6) is 0 Å². The number of piperazine rings is 1. The molecule has 1 aromatic rings. The van der Waals surface area contributed by atoms with E-state index in [2.05, 4.69) is 16.5 Å². The van der Waals surface area contributed by atoms with E-state index in [9.17, 15) is 4.79 Å². The van der Waals surface area contributed by atoms with E-state index < -0.39 is 5.60 Å². The first kappa shape index (κ1) is 17.6. The van der Waals surface area contributed by atoms with Crippen molar-refractivity contribution in [2.24, 2.45) is 0 Å². The molecule has 6 heteroatoms. The van der Waals surface area contributed by atoms with Crippen LogP contribution in [0.25, 0.3) is 6.08 Å². The molecule has 1 aliphatic heterocycles. The summed E-state index contributed by atoms with van der Waals surface area (Å²) >= 11 is 6.14. The third kappa shape index (κ3) is 4.61. The van der Waals surface area contributed by atoms with Crippen LogP contribution >= 0.6 is 11.6 Å². The molecule has 2 rings (SSSR count). The summed E-state index contributed by atoms with van der Waals surface area (Å²) in [6, 6.07) is 3.65. The average Bonchev–Trinajstić information content (AvgIpc) is 2.44. The Kier molecular flexibility index (Phi) is 5.19. The zero-order chi connectivity index (χ0) is 17.2. The van der Waals surface area contributed by atoms with Crippen molar-refractivity contribution in [2.45, 2.75) is 39.3 Å². The van der Waals surface area contributed by atoms with Crippen LogP contribution < -0.4 is 4.90 Å². The van der Waals surface area contributed by atoms with Crippen LogP contribution in [0, 0.1) is 0 Å². The Morgan fingerprint density at radius 2 is 2.13 bits per heavy atom. The molecule has 1 amide bonds. The molecule has 1 fully saturated rings. The Hall–Kier alpha value is -1.75. The minimum Gasteiger partial charge on any atom is -0.444 e. The van der Waals surface area contributed by atoms with Crippen molar-refractivity contribution in [3.05, 3.63) is 29.4 Å². The van der Waals surface area contributed by atoms with E-state index in [-0.39, 0.29) is 12.1 Å². The summed E-state index contributed by atoms with van der Waals surface area (Å²) in [5.74, 6) is 0.808. The number of pyridine rings is 1. The predicted octanol–water partition coefficient (Wildman–Crippen LogP) is 3.82. The highest BCUT2D eigenvalue weighted by molar-refractivity contribution is 6.30.